The molecule has 3 rings (SSSR count). The van der Waals surface area contributed by atoms with Gasteiger partial charge in [0.25, 0.3) is 10.0 Å². The largest absolute Gasteiger partial charge is 0.480 e. The highest BCUT2D eigenvalue weighted by atomic mass is 35.5. The number of anilines is 1. The van der Waals surface area contributed by atoms with Crippen LogP contribution in [-0.2, 0) is 14.8 Å². The Morgan fingerprint density at radius 3 is 2.38 bits per heavy atom. The van der Waals surface area contributed by atoms with Crippen molar-refractivity contribution < 1.29 is 18.3 Å². The predicted octanol–water partition coefficient (Wildman–Crippen LogP) is 4.08. The van der Waals surface area contributed by atoms with E-state index in [4.69, 9.17) is 11.6 Å². The Bertz CT molecular complexity index is 1100. The van der Waals surface area contributed by atoms with Crippen LogP contribution in [0.2, 0.25) is 5.02 Å². The van der Waals surface area contributed by atoms with E-state index in [1.807, 2.05) is 18.2 Å². The number of carbonyl (C=O) groups is 1. The molecule has 134 valence electrons. The quantitative estimate of drug-likeness (QED) is 0.713. The SMILES string of the molecule is Cc1ccc(N(CC(=O)O)S(=O)(=O)c2ccc3ccccc3c2)cc1Cl. The molecule has 0 fully saturated rings. The molecule has 0 aliphatic heterocycles. The lowest BCUT2D eigenvalue weighted by Crippen LogP contribution is -2.35. The van der Waals surface area contributed by atoms with Gasteiger partial charge in [-0.25, -0.2) is 8.42 Å². The molecular weight excluding hydrogens is 374 g/mol. The van der Waals surface area contributed by atoms with E-state index < -0.39 is 22.5 Å². The van der Waals surface area contributed by atoms with Crippen LogP contribution in [0.5, 0.6) is 0 Å². The van der Waals surface area contributed by atoms with E-state index in [1.54, 1.807) is 31.2 Å². The summed E-state index contributed by atoms with van der Waals surface area (Å²) in [6.07, 6.45) is 0. The maximum absolute atomic E-state index is 13.1. The molecule has 0 unspecified atom stereocenters. The van der Waals surface area contributed by atoms with Gasteiger partial charge < -0.3 is 5.11 Å². The van der Waals surface area contributed by atoms with Crippen molar-refractivity contribution in [1.29, 1.82) is 0 Å². The van der Waals surface area contributed by atoms with E-state index in [0.29, 0.717) is 5.02 Å². The number of hydrogen-bond donors (Lipinski definition) is 1. The third kappa shape index (κ3) is 3.52. The van der Waals surface area contributed by atoms with Crippen molar-refractivity contribution in [3.05, 3.63) is 71.2 Å². The summed E-state index contributed by atoms with van der Waals surface area (Å²) in [5.74, 6) is -1.26. The van der Waals surface area contributed by atoms with Crippen LogP contribution in [-0.4, -0.2) is 26.0 Å². The second kappa shape index (κ2) is 6.97. The van der Waals surface area contributed by atoms with E-state index in [-0.39, 0.29) is 10.6 Å². The van der Waals surface area contributed by atoms with Crippen molar-refractivity contribution in [3.63, 3.8) is 0 Å². The van der Waals surface area contributed by atoms with Crippen LogP contribution in [0.15, 0.2) is 65.6 Å². The van der Waals surface area contributed by atoms with Crippen LogP contribution in [0.4, 0.5) is 5.69 Å². The summed E-state index contributed by atoms with van der Waals surface area (Å²) in [5.41, 5.74) is 0.977. The van der Waals surface area contributed by atoms with Crippen LogP contribution in [0, 0.1) is 6.92 Å². The Labute approximate surface area is 156 Å². The minimum absolute atomic E-state index is 0.0224. The van der Waals surface area contributed by atoms with Gasteiger partial charge in [0.1, 0.15) is 6.54 Å². The average Bonchev–Trinajstić information content (AvgIpc) is 2.61. The Balaban J connectivity index is 2.13. The van der Waals surface area contributed by atoms with Crippen molar-refractivity contribution in [3.8, 4) is 0 Å². The molecule has 0 saturated heterocycles. The summed E-state index contributed by atoms with van der Waals surface area (Å²) in [4.78, 5) is 11.3. The molecule has 26 heavy (non-hydrogen) atoms. The highest BCUT2D eigenvalue weighted by Gasteiger charge is 2.27. The monoisotopic (exact) mass is 389 g/mol. The summed E-state index contributed by atoms with van der Waals surface area (Å²) in [6, 6.07) is 16.7. The maximum Gasteiger partial charge on any atom is 0.324 e. The van der Waals surface area contributed by atoms with Crippen molar-refractivity contribution in [2.75, 3.05) is 10.8 Å². The molecule has 0 heterocycles. The summed E-state index contributed by atoms with van der Waals surface area (Å²) in [6.45, 7) is 1.08. The number of aryl methyl sites for hydroxylation is 1. The van der Waals surface area contributed by atoms with E-state index in [0.717, 1.165) is 20.6 Å². The fourth-order valence-corrected chi connectivity index (χ4v) is 4.25. The first-order chi connectivity index (χ1) is 12.3. The first-order valence-electron chi connectivity index (χ1n) is 7.78. The number of hydrogen-bond acceptors (Lipinski definition) is 3. The smallest absolute Gasteiger partial charge is 0.324 e. The lowest BCUT2D eigenvalue weighted by atomic mass is 10.1. The van der Waals surface area contributed by atoms with Gasteiger partial charge in [0.05, 0.1) is 10.6 Å². The van der Waals surface area contributed by atoms with E-state index in [2.05, 4.69) is 0 Å². The summed E-state index contributed by atoms with van der Waals surface area (Å²) < 4.78 is 27.1. The molecule has 0 aliphatic rings. The Hall–Kier alpha value is -2.57. The first-order valence-corrected chi connectivity index (χ1v) is 9.60. The summed E-state index contributed by atoms with van der Waals surface area (Å²) in [5, 5.41) is 11.2. The third-order valence-electron chi connectivity index (χ3n) is 4.03. The zero-order valence-corrected chi connectivity index (χ0v) is 15.5. The van der Waals surface area contributed by atoms with Gasteiger partial charge in [-0.1, -0.05) is 48.0 Å². The number of fused-ring (bicyclic) bond motifs is 1. The normalized spacial score (nSPS) is 11.5. The van der Waals surface area contributed by atoms with Gasteiger partial charge in [-0.05, 0) is 47.5 Å². The average molecular weight is 390 g/mol. The lowest BCUT2D eigenvalue weighted by molar-refractivity contribution is -0.135. The van der Waals surface area contributed by atoms with Crippen LogP contribution in [0.3, 0.4) is 0 Å². The fourth-order valence-electron chi connectivity index (χ4n) is 2.63. The number of nitrogens with zero attached hydrogens (tertiary/aromatic N) is 1. The molecule has 3 aromatic rings. The summed E-state index contributed by atoms with van der Waals surface area (Å²) >= 11 is 6.10. The standard InChI is InChI=1S/C19H16ClNO4S/c1-13-6-8-16(11-18(13)20)21(12-19(22)23)26(24,25)17-9-7-14-4-2-3-5-15(14)10-17/h2-11H,12H2,1H3,(H,22,23). The van der Waals surface area contributed by atoms with Gasteiger partial charge in [-0.15, -0.1) is 0 Å². The first kappa shape index (κ1) is 18.2. The number of carboxylic acid groups (broad SMARTS) is 1. The zero-order chi connectivity index (χ0) is 18.9. The zero-order valence-electron chi connectivity index (χ0n) is 13.9. The second-order valence-corrected chi connectivity index (χ2v) is 8.12. The number of rotatable bonds is 5. The van der Waals surface area contributed by atoms with Gasteiger partial charge in [0.15, 0.2) is 0 Å². The highest BCUT2D eigenvalue weighted by Crippen LogP contribution is 2.29. The topological polar surface area (TPSA) is 74.7 Å². The number of carboxylic acids is 1. The predicted molar refractivity (Wildman–Crippen MR) is 102 cm³/mol. The lowest BCUT2D eigenvalue weighted by Gasteiger charge is -2.23. The minimum Gasteiger partial charge on any atom is -0.480 e. The van der Waals surface area contributed by atoms with Crippen molar-refractivity contribution in [2.24, 2.45) is 0 Å². The number of aliphatic carboxylic acids is 1. The molecule has 1 N–H and O–H groups in total. The number of sulfonamides is 1. The van der Waals surface area contributed by atoms with E-state index >= 15 is 0 Å². The van der Waals surface area contributed by atoms with E-state index in [1.165, 1.54) is 18.2 Å². The summed E-state index contributed by atoms with van der Waals surface area (Å²) in [7, 11) is -4.08. The number of benzene rings is 3. The van der Waals surface area contributed by atoms with Crippen LogP contribution >= 0.6 is 11.6 Å². The molecular formula is C19H16ClNO4S. The van der Waals surface area contributed by atoms with Gasteiger partial charge in [-0.2, -0.15) is 0 Å². The third-order valence-corrected chi connectivity index (χ3v) is 6.21. The van der Waals surface area contributed by atoms with Crippen molar-refractivity contribution in [2.45, 2.75) is 11.8 Å². The molecule has 0 amide bonds. The van der Waals surface area contributed by atoms with Crippen molar-refractivity contribution >= 4 is 44.1 Å². The Kier molecular flexibility index (Phi) is 4.89. The Morgan fingerprint density at radius 1 is 1.04 bits per heavy atom. The molecule has 0 bridgehead atoms. The van der Waals surface area contributed by atoms with Gasteiger partial charge in [-0.3, -0.25) is 9.10 Å². The minimum atomic E-state index is -4.08. The van der Waals surface area contributed by atoms with Crippen molar-refractivity contribution in [1.82, 2.24) is 0 Å². The fraction of sp³-hybridized carbons (Fsp3) is 0.105. The van der Waals surface area contributed by atoms with Crippen LogP contribution < -0.4 is 4.31 Å². The molecule has 0 atom stereocenters. The number of halogens is 1. The molecule has 5 nitrogen and oxygen atoms in total. The van der Waals surface area contributed by atoms with E-state index in [9.17, 15) is 18.3 Å². The molecule has 0 aliphatic carbocycles. The van der Waals surface area contributed by atoms with Gasteiger partial charge in [0.2, 0.25) is 0 Å². The van der Waals surface area contributed by atoms with Crippen LogP contribution in [0.1, 0.15) is 5.56 Å². The Morgan fingerprint density at radius 2 is 1.73 bits per heavy atom. The van der Waals surface area contributed by atoms with Gasteiger partial charge in [0, 0.05) is 5.02 Å². The van der Waals surface area contributed by atoms with Crippen LogP contribution in [0.25, 0.3) is 10.8 Å². The molecule has 7 heteroatoms. The van der Waals surface area contributed by atoms with Gasteiger partial charge >= 0.3 is 5.97 Å². The molecule has 0 aromatic heterocycles. The molecule has 0 spiro atoms. The molecule has 0 radical (unpaired) electrons. The molecule has 0 saturated carbocycles. The molecule has 3 aromatic carbocycles. The second-order valence-electron chi connectivity index (χ2n) is 5.85. The highest BCUT2D eigenvalue weighted by molar-refractivity contribution is 7.92. The maximum atomic E-state index is 13.1.